The van der Waals surface area contributed by atoms with Gasteiger partial charge in [0.25, 0.3) is 0 Å². The largest absolute Gasteiger partial charge is 0.479 e. The number of benzene rings is 1. The zero-order valence-corrected chi connectivity index (χ0v) is 11.3. The van der Waals surface area contributed by atoms with E-state index in [1.807, 2.05) is 30.3 Å². The van der Waals surface area contributed by atoms with Gasteiger partial charge in [-0.2, -0.15) is 0 Å². The Morgan fingerprint density at radius 3 is 2.45 bits per heavy atom. The Hall–Kier alpha value is -1.88. The van der Waals surface area contributed by atoms with Gasteiger partial charge in [-0.25, -0.2) is 9.86 Å². The van der Waals surface area contributed by atoms with E-state index >= 15 is 0 Å². The summed E-state index contributed by atoms with van der Waals surface area (Å²) in [6.07, 6.45) is 3.96. The number of hydroxylamine groups is 2. The van der Waals surface area contributed by atoms with Crippen LogP contribution in [0, 0.1) is 0 Å². The van der Waals surface area contributed by atoms with Gasteiger partial charge in [-0.15, -0.1) is 0 Å². The third-order valence-electron chi connectivity index (χ3n) is 3.81. The monoisotopic (exact) mass is 277 g/mol. The third kappa shape index (κ3) is 2.99. The van der Waals surface area contributed by atoms with Gasteiger partial charge in [0.1, 0.15) is 6.61 Å². The van der Waals surface area contributed by atoms with Crippen molar-refractivity contribution in [3.63, 3.8) is 0 Å². The molecule has 0 aliphatic heterocycles. The Kier molecular flexibility index (Phi) is 4.74. The average Bonchev–Trinajstić information content (AvgIpc) is 2.49. The predicted octanol–water partition coefficient (Wildman–Crippen LogP) is 2.36. The third-order valence-corrected chi connectivity index (χ3v) is 3.81. The highest BCUT2D eigenvalue weighted by molar-refractivity contribution is 5.81. The minimum absolute atomic E-state index is 0.189. The first-order chi connectivity index (χ1) is 9.69. The molecule has 0 bridgehead atoms. The van der Waals surface area contributed by atoms with E-state index in [-0.39, 0.29) is 6.61 Å². The maximum Gasteiger partial charge on any atom is 0.332 e. The van der Waals surface area contributed by atoms with E-state index in [1.165, 1.54) is 0 Å². The van der Waals surface area contributed by atoms with Gasteiger partial charge < -0.3 is 5.11 Å². The van der Waals surface area contributed by atoms with E-state index in [9.17, 15) is 14.7 Å². The minimum atomic E-state index is -1.21. The van der Waals surface area contributed by atoms with Crippen molar-refractivity contribution < 1.29 is 19.5 Å². The Labute approximate surface area is 118 Å². The van der Waals surface area contributed by atoms with Crippen molar-refractivity contribution in [1.29, 1.82) is 0 Å². The van der Waals surface area contributed by atoms with E-state index in [0.29, 0.717) is 19.3 Å². The highest BCUT2D eigenvalue weighted by atomic mass is 16.7. The lowest BCUT2D eigenvalue weighted by Crippen LogP contribution is -2.55. The first kappa shape index (κ1) is 14.5. The molecule has 1 aromatic carbocycles. The van der Waals surface area contributed by atoms with Crippen molar-refractivity contribution >= 4 is 12.4 Å². The number of rotatable bonds is 6. The van der Waals surface area contributed by atoms with E-state index in [2.05, 4.69) is 0 Å². The number of carbonyl (C=O) groups is 2. The molecule has 20 heavy (non-hydrogen) atoms. The number of carboxylic acids is 1. The fourth-order valence-electron chi connectivity index (χ4n) is 2.64. The molecular formula is C15H19NO4. The van der Waals surface area contributed by atoms with Crippen LogP contribution in [0.3, 0.4) is 0 Å². The van der Waals surface area contributed by atoms with Crippen molar-refractivity contribution in [3.05, 3.63) is 35.9 Å². The van der Waals surface area contributed by atoms with Gasteiger partial charge in [0, 0.05) is 0 Å². The average molecular weight is 277 g/mol. The van der Waals surface area contributed by atoms with Crippen LogP contribution in [0.4, 0.5) is 0 Å². The van der Waals surface area contributed by atoms with Crippen LogP contribution in [0.25, 0.3) is 0 Å². The highest BCUT2D eigenvalue weighted by Gasteiger charge is 2.46. The zero-order valence-electron chi connectivity index (χ0n) is 11.3. The summed E-state index contributed by atoms with van der Waals surface area (Å²) in [5.74, 6) is -0.989. The fourth-order valence-corrected chi connectivity index (χ4v) is 2.64. The summed E-state index contributed by atoms with van der Waals surface area (Å²) >= 11 is 0. The number of carbonyl (C=O) groups excluding carboxylic acids is 1. The summed E-state index contributed by atoms with van der Waals surface area (Å²) in [6, 6.07) is 9.38. The van der Waals surface area contributed by atoms with Crippen LogP contribution in [0.2, 0.25) is 0 Å². The van der Waals surface area contributed by atoms with Crippen LogP contribution < -0.4 is 0 Å². The molecule has 0 saturated heterocycles. The number of nitrogens with zero attached hydrogens (tertiary/aromatic N) is 1. The van der Waals surface area contributed by atoms with E-state index < -0.39 is 11.5 Å². The summed E-state index contributed by atoms with van der Waals surface area (Å²) in [4.78, 5) is 28.3. The molecule has 0 atom stereocenters. The van der Waals surface area contributed by atoms with Crippen molar-refractivity contribution in [2.24, 2.45) is 0 Å². The number of aliphatic carboxylic acids is 1. The number of carboxylic acid groups (broad SMARTS) is 1. The standard InChI is InChI=1S/C15H19NO4/c17-12-16(20-11-13-7-3-1-4-8-13)15(14(18)19)9-5-2-6-10-15/h1,3-4,7-8,12H,2,5-6,9-11H2,(H,18,19). The molecule has 1 N–H and O–H groups in total. The second kappa shape index (κ2) is 6.52. The van der Waals surface area contributed by atoms with E-state index in [4.69, 9.17) is 4.84 Å². The van der Waals surface area contributed by atoms with Crippen LogP contribution in [0.15, 0.2) is 30.3 Å². The molecular weight excluding hydrogens is 258 g/mol. The molecule has 1 fully saturated rings. The highest BCUT2D eigenvalue weighted by Crippen LogP contribution is 2.33. The summed E-state index contributed by atoms with van der Waals surface area (Å²) in [5, 5.41) is 10.5. The Morgan fingerprint density at radius 1 is 1.25 bits per heavy atom. The van der Waals surface area contributed by atoms with Crippen LogP contribution in [0.5, 0.6) is 0 Å². The first-order valence-electron chi connectivity index (χ1n) is 6.84. The molecule has 0 radical (unpaired) electrons. The van der Waals surface area contributed by atoms with E-state index in [0.717, 1.165) is 29.9 Å². The molecule has 1 saturated carbocycles. The topological polar surface area (TPSA) is 66.8 Å². The number of hydrogen-bond donors (Lipinski definition) is 1. The van der Waals surface area contributed by atoms with E-state index in [1.54, 1.807) is 0 Å². The molecule has 108 valence electrons. The van der Waals surface area contributed by atoms with Crippen molar-refractivity contribution in [3.8, 4) is 0 Å². The van der Waals surface area contributed by atoms with Crippen LogP contribution >= 0.6 is 0 Å². The maximum atomic E-state index is 11.6. The predicted molar refractivity (Wildman–Crippen MR) is 72.6 cm³/mol. The van der Waals surface area contributed by atoms with Crippen LogP contribution in [0.1, 0.15) is 37.7 Å². The molecule has 1 amide bonds. The quantitative estimate of drug-likeness (QED) is 0.640. The van der Waals surface area contributed by atoms with Crippen molar-refractivity contribution in [1.82, 2.24) is 5.06 Å². The Bertz CT molecular complexity index is 454. The summed E-state index contributed by atoms with van der Waals surface area (Å²) < 4.78 is 0. The summed E-state index contributed by atoms with van der Waals surface area (Å²) in [5.41, 5.74) is -0.315. The second-order valence-corrected chi connectivity index (χ2v) is 5.09. The van der Waals surface area contributed by atoms with Crippen molar-refractivity contribution in [2.45, 2.75) is 44.2 Å². The Balaban J connectivity index is 2.09. The normalized spacial score (nSPS) is 17.4. The van der Waals surface area contributed by atoms with Gasteiger partial charge >= 0.3 is 5.97 Å². The summed E-state index contributed by atoms with van der Waals surface area (Å²) in [6.45, 7) is 0.189. The molecule has 2 rings (SSSR count). The number of hydrogen-bond acceptors (Lipinski definition) is 3. The maximum absolute atomic E-state index is 11.6. The molecule has 1 aliphatic rings. The minimum Gasteiger partial charge on any atom is -0.479 e. The van der Waals surface area contributed by atoms with Crippen molar-refractivity contribution in [2.75, 3.05) is 0 Å². The molecule has 0 aromatic heterocycles. The fraction of sp³-hybridized carbons (Fsp3) is 0.467. The number of amides is 1. The molecule has 5 nitrogen and oxygen atoms in total. The van der Waals surface area contributed by atoms with Gasteiger partial charge in [0.05, 0.1) is 0 Å². The lowest BCUT2D eigenvalue weighted by atomic mass is 9.81. The van der Waals surface area contributed by atoms with Gasteiger partial charge in [-0.3, -0.25) is 9.63 Å². The molecule has 0 unspecified atom stereocenters. The zero-order chi connectivity index (χ0) is 14.4. The molecule has 0 heterocycles. The first-order valence-corrected chi connectivity index (χ1v) is 6.84. The van der Waals surface area contributed by atoms with Gasteiger partial charge in [-0.05, 0) is 18.4 Å². The molecule has 5 heteroatoms. The lowest BCUT2D eigenvalue weighted by molar-refractivity contribution is -0.228. The summed E-state index contributed by atoms with van der Waals surface area (Å²) in [7, 11) is 0. The van der Waals surface area contributed by atoms with Gasteiger partial charge in [0.15, 0.2) is 5.54 Å². The lowest BCUT2D eigenvalue weighted by Gasteiger charge is -2.39. The van der Waals surface area contributed by atoms with Crippen LogP contribution in [-0.4, -0.2) is 28.1 Å². The molecule has 1 aromatic rings. The second-order valence-electron chi connectivity index (χ2n) is 5.09. The molecule has 1 aliphatic carbocycles. The smallest absolute Gasteiger partial charge is 0.332 e. The SMILES string of the molecule is O=CN(OCc1ccccc1)C1(C(=O)O)CCCCC1. The van der Waals surface area contributed by atoms with Gasteiger partial charge in [-0.1, -0.05) is 49.6 Å². The van der Waals surface area contributed by atoms with Crippen LogP contribution in [-0.2, 0) is 21.0 Å². The van der Waals surface area contributed by atoms with Gasteiger partial charge in [0.2, 0.25) is 6.41 Å². The molecule has 0 spiro atoms. The Morgan fingerprint density at radius 2 is 1.90 bits per heavy atom.